The Hall–Kier alpha value is -0.470. The van der Waals surface area contributed by atoms with Gasteiger partial charge in [0.05, 0.1) is 13.2 Å². The summed E-state index contributed by atoms with van der Waals surface area (Å²) in [6.07, 6.45) is 0.861. The number of morpholine rings is 1. The van der Waals surface area contributed by atoms with Crippen LogP contribution in [0.4, 0.5) is 0 Å². The molecule has 0 unspecified atom stereocenters. The third-order valence-electron chi connectivity index (χ3n) is 2.82. The van der Waals surface area contributed by atoms with Crippen LogP contribution in [0.5, 0.6) is 0 Å². The number of nitrogens with one attached hydrogen (secondary N) is 1. The molecule has 1 aromatic rings. The summed E-state index contributed by atoms with van der Waals surface area (Å²) in [7, 11) is -1.43. The second-order valence-electron chi connectivity index (χ2n) is 4.09. The molecule has 0 saturated carbocycles. The van der Waals surface area contributed by atoms with Gasteiger partial charge in [0, 0.05) is 18.0 Å². The van der Waals surface area contributed by atoms with Crippen molar-refractivity contribution in [3.63, 3.8) is 0 Å². The van der Waals surface area contributed by atoms with E-state index in [-0.39, 0.29) is 0 Å². The minimum absolute atomic E-state index is 0.440. The summed E-state index contributed by atoms with van der Waals surface area (Å²) in [4.78, 5) is 1.09. The van der Waals surface area contributed by atoms with Crippen LogP contribution in [0.1, 0.15) is 4.88 Å². The summed E-state index contributed by atoms with van der Waals surface area (Å²) in [6, 6.07) is 3.61. The number of nitrogens with zero attached hydrogens (tertiary/aromatic N) is 1. The Morgan fingerprint density at radius 2 is 2.11 bits per heavy atom. The number of ether oxygens (including phenoxy) is 1. The Morgan fingerprint density at radius 3 is 2.78 bits per heavy atom. The SMILES string of the molecule is CNCCc1ccc(S(=O)(=O)N2CCOCC2)s1. The van der Waals surface area contributed by atoms with Gasteiger partial charge in [-0.3, -0.25) is 0 Å². The predicted molar refractivity (Wildman–Crippen MR) is 71.5 cm³/mol. The Bertz CT molecular complexity index is 478. The summed E-state index contributed by atoms with van der Waals surface area (Å²) < 4.78 is 31.8. The summed E-state index contributed by atoms with van der Waals surface area (Å²) in [5.41, 5.74) is 0. The van der Waals surface area contributed by atoms with Crippen molar-refractivity contribution < 1.29 is 13.2 Å². The van der Waals surface area contributed by atoms with Crippen LogP contribution in [-0.2, 0) is 21.2 Å². The molecule has 0 spiro atoms. The van der Waals surface area contributed by atoms with Crippen LogP contribution in [0.15, 0.2) is 16.3 Å². The van der Waals surface area contributed by atoms with E-state index >= 15 is 0 Å². The molecule has 1 saturated heterocycles. The molecule has 1 aromatic heterocycles. The van der Waals surface area contributed by atoms with Crippen molar-refractivity contribution >= 4 is 21.4 Å². The average molecular weight is 290 g/mol. The molecule has 102 valence electrons. The molecule has 1 aliphatic rings. The van der Waals surface area contributed by atoms with Crippen LogP contribution in [0.3, 0.4) is 0 Å². The summed E-state index contributed by atoms with van der Waals surface area (Å²) in [5, 5.41) is 3.06. The summed E-state index contributed by atoms with van der Waals surface area (Å²) in [5.74, 6) is 0. The Morgan fingerprint density at radius 1 is 1.39 bits per heavy atom. The lowest BCUT2D eigenvalue weighted by Crippen LogP contribution is -2.40. The lowest BCUT2D eigenvalue weighted by atomic mass is 10.3. The second kappa shape index (κ2) is 6.12. The molecule has 0 amide bonds. The van der Waals surface area contributed by atoms with E-state index in [4.69, 9.17) is 4.74 Å². The van der Waals surface area contributed by atoms with Gasteiger partial charge in [-0.2, -0.15) is 4.31 Å². The first-order valence-electron chi connectivity index (χ1n) is 5.96. The zero-order chi connectivity index (χ0) is 13.0. The number of likely N-dealkylation sites (N-methyl/N-ethyl adjacent to an activating group) is 1. The number of sulfonamides is 1. The van der Waals surface area contributed by atoms with Crippen LogP contribution in [-0.4, -0.2) is 52.6 Å². The minimum Gasteiger partial charge on any atom is -0.379 e. The van der Waals surface area contributed by atoms with Gasteiger partial charge >= 0.3 is 0 Å². The monoisotopic (exact) mass is 290 g/mol. The average Bonchev–Trinajstić information content (AvgIpc) is 2.87. The third-order valence-corrected chi connectivity index (χ3v) is 6.33. The van der Waals surface area contributed by atoms with Crippen LogP contribution in [0.25, 0.3) is 0 Å². The van der Waals surface area contributed by atoms with Crippen molar-refractivity contribution in [2.75, 3.05) is 39.9 Å². The van der Waals surface area contributed by atoms with Crippen LogP contribution in [0, 0.1) is 0 Å². The van der Waals surface area contributed by atoms with E-state index in [2.05, 4.69) is 5.32 Å². The highest BCUT2D eigenvalue weighted by Crippen LogP contribution is 2.25. The smallest absolute Gasteiger partial charge is 0.252 e. The molecule has 5 nitrogen and oxygen atoms in total. The topological polar surface area (TPSA) is 58.6 Å². The van der Waals surface area contributed by atoms with E-state index in [1.54, 1.807) is 6.07 Å². The lowest BCUT2D eigenvalue weighted by molar-refractivity contribution is 0.0731. The zero-order valence-corrected chi connectivity index (χ0v) is 12.0. The molecule has 1 aliphatic heterocycles. The Balaban J connectivity index is 2.11. The molecule has 2 rings (SSSR count). The Labute approximate surface area is 112 Å². The van der Waals surface area contributed by atoms with Gasteiger partial charge in [0.2, 0.25) is 0 Å². The van der Waals surface area contributed by atoms with E-state index in [0.717, 1.165) is 17.8 Å². The molecular formula is C11H18N2O3S2. The van der Waals surface area contributed by atoms with Crippen LogP contribution < -0.4 is 5.32 Å². The first-order chi connectivity index (χ1) is 8.64. The predicted octanol–water partition coefficient (Wildman–Crippen LogP) is 0.531. The number of rotatable bonds is 5. The second-order valence-corrected chi connectivity index (χ2v) is 7.42. The van der Waals surface area contributed by atoms with Crippen LogP contribution in [0.2, 0.25) is 0 Å². The molecule has 0 radical (unpaired) electrons. The third kappa shape index (κ3) is 3.10. The first-order valence-corrected chi connectivity index (χ1v) is 8.21. The molecule has 7 heteroatoms. The van der Waals surface area contributed by atoms with Gasteiger partial charge in [-0.05, 0) is 32.1 Å². The molecule has 2 heterocycles. The normalized spacial score (nSPS) is 18.1. The lowest BCUT2D eigenvalue weighted by Gasteiger charge is -2.25. The molecule has 0 bridgehead atoms. The van der Waals surface area contributed by atoms with Gasteiger partial charge in [-0.1, -0.05) is 0 Å². The maximum atomic E-state index is 12.3. The fraction of sp³-hybridized carbons (Fsp3) is 0.636. The quantitative estimate of drug-likeness (QED) is 0.859. The van der Waals surface area contributed by atoms with Gasteiger partial charge in [0.1, 0.15) is 4.21 Å². The fourth-order valence-electron chi connectivity index (χ4n) is 1.79. The number of thiophene rings is 1. The fourth-order valence-corrected chi connectivity index (χ4v) is 4.71. The highest BCUT2D eigenvalue weighted by Gasteiger charge is 2.27. The van der Waals surface area contributed by atoms with E-state index in [0.29, 0.717) is 30.5 Å². The van der Waals surface area contributed by atoms with E-state index < -0.39 is 10.0 Å². The minimum atomic E-state index is -3.31. The van der Waals surface area contributed by atoms with E-state index in [9.17, 15) is 8.42 Å². The molecule has 0 aromatic carbocycles. The van der Waals surface area contributed by atoms with Gasteiger partial charge in [0.15, 0.2) is 0 Å². The van der Waals surface area contributed by atoms with Gasteiger partial charge in [-0.25, -0.2) is 8.42 Å². The molecule has 0 aliphatic carbocycles. The molecule has 0 atom stereocenters. The first kappa shape index (κ1) is 14.0. The van der Waals surface area contributed by atoms with Crippen molar-refractivity contribution in [2.45, 2.75) is 10.6 Å². The summed E-state index contributed by atoms with van der Waals surface area (Å²) in [6.45, 7) is 2.73. The van der Waals surface area contributed by atoms with Crippen molar-refractivity contribution in [3.8, 4) is 0 Å². The zero-order valence-electron chi connectivity index (χ0n) is 10.4. The van der Waals surface area contributed by atoms with Gasteiger partial charge in [-0.15, -0.1) is 11.3 Å². The highest BCUT2D eigenvalue weighted by molar-refractivity contribution is 7.91. The number of hydrogen-bond acceptors (Lipinski definition) is 5. The van der Waals surface area contributed by atoms with Crippen molar-refractivity contribution in [3.05, 3.63) is 17.0 Å². The Kier molecular flexibility index (Phi) is 4.74. The van der Waals surface area contributed by atoms with Crippen molar-refractivity contribution in [2.24, 2.45) is 0 Å². The standard InChI is InChI=1S/C11H18N2O3S2/c1-12-5-4-10-2-3-11(17-10)18(14,15)13-6-8-16-9-7-13/h2-3,12H,4-9H2,1H3. The molecular weight excluding hydrogens is 272 g/mol. The van der Waals surface area contributed by atoms with E-state index in [1.165, 1.54) is 15.6 Å². The number of hydrogen-bond donors (Lipinski definition) is 1. The maximum absolute atomic E-state index is 12.3. The molecule has 1 N–H and O–H groups in total. The van der Waals surface area contributed by atoms with Gasteiger partial charge in [0.25, 0.3) is 10.0 Å². The highest BCUT2D eigenvalue weighted by atomic mass is 32.2. The molecule has 18 heavy (non-hydrogen) atoms. The van der Waals surface area contributed by atoms with E-state index in [1.807, 2.05) is 13.1 Å². The largest absolute Gasteiger partial charge is 0.379 e. The summed E-state index contributed by atoms with van der Waals surface area (Å²) >= 11 is 1.36. The maximum Gasteiger partial charge on any atom is 0.252 e. The van der Waals surface area contributed by atoms with Crippen molar-refractivity contribution in [1.29, 1.82) is 0 Å². The van der Waals surface area contributed by atoms with Crippen molar-refractivity contribution in [1.82, 2.24) is 9.62 Å². The van der Waals surface area contributed by atoms with Gasteiger partial charge < -0.3 is 10.1 Å². The molecule has 1 fully saturated rings. The van der Waals surface area contributed by atoms with Crippen LogP contribution >= 0.6 is 11.3 Å².